The first-order valence-electron chi connectivity index (χ1n) is 9.83. The molecule has 1 aliphatic heterocycles. The SMILES string of the molecule is COc1ccc(-n2ncc(C(=O)NCCCN3CCCC(C)C3)c2C(F)(F)F)nn1. The van der Waals surface area contributed by atoms with Crippen LogP contribution in [0, 0.1) is 5.92 Å². The minimum Gasteiger partial charge on any atom is -0.480 e. The predicted octanol–water partition coefficient (Wildman–Crippen LogP) is 2.54. The maximum atomic E-state index is 13.7. The number of likely N-dealkylation sites (tertiary alicyclic amines) is 1. The Bertz CT molecular complexity index is 853. The first kappa shape index (κ1) is 22.0. The van der Waals surface area contributed by atoms with E-state index in [1.807, 2.05) is 0 Å². The lowest BCUT2D eigenvalue weighted by Gasteiger charge is -2.30. The molecule has 1 atom stereocenters. The van der Waals surface area contributed by atoms with Crippen LogP contribution in [0.2, 0.25) is 0 Å². The number of hydrogen-bond donors (Lipinski definition) is 1. The minimum absolute atomic E-state index is 0.153. The van der Waals surface area contributed by atoms with Crippen LogP contribution in [0.25, 0.3) is 5.82 Å². The largest absolute Gasteiger partial charge is 0.480 e. The summed E-state index contributed by atoms with van der Waals surface area (Å²) in [6.07, 6.45) is -0.866. The van der Waals surface area contributed by atoms with E-state index >= 15 is 0 Å². The van der Waals surface area contributed by atoms with E-state index in [0.717, 1.165) is 32.3 Å². The Hall–Kier alpha value is -2.69. The van der Waals surface area contributed by atoms with Gasteiger partial charge in [0.05, 0.1) is 18.9 Å². The highest BCUT2D eigenvalue weighted by atomic mass is 19.4. The van der Waals surface area contributed by atoms with Crippen LogP contribution in [0.5, 0.6) is 5.88 Å². The molecule has 1 N–H and O–H groups in total. The number of alkyl halides is 3. The van der Waals surface area contributed by atoms with Gasteiger partial charge in [-0.15, -0.1) is 10.2 Å². The second-order valence-corrected chi connectivity index (χ2v) is 7.41. The van der Waals surface area contributed by atoms with E-state index in [1.54, 1.807) is 0 Å². The topological polar surface area (TPSA) is 85.2 Å². The van der Waals surface area contributed by atoms with Gasteiger partial charge >= 0.3 is 6.18 Å². The van der Waals surface area contributed by atoms with Crippen molar-refractivity contribution in [2.45, 2.75) is 32.4 Å². The van der Waals surface area contributed by atoms with Gasteiger partial charge in [0.1, 0.15) is 0 Å². The van der Waals surface area contributed by atoms with Crippen molar-refractivity contribution in [2.24, 2.45) is 5.92 Å². The van der Waals surface area contributed by atoms with Crippen LogP contribution in [0.1, 0.15) is 42.2 Å². The molecule has 11 heteroatoms. The Morgan fingerprint density at radius 3 is 2.77 bits per heavy atom. The number of methoxy groups -OCH3 is 1. The van der Waals surface area contributed by atoms with Crippen LogP contribution in [0.3, 0.4) is 0 Å². The van der Waals surface area contributed by atoms with E-state index in [1.165, 1.54) is 25.7 Å². The molecular weight excluding hydrogens is 401 g/mol. The molecule has 2 aromatic heterocycles. The Morgan fingerprint density at radius 1 is 1.33 bits per heavy atom. The highest BCUT2D eigenvalue weighted by molar-refractivity contribution is 5.95. The van der Waals surface area contributed by atoms with Gasteiger partial charge < -0.3 is 15.0 Å². The molecule has 0 radical (unpaired) electrons. The molecular formula is C19H25F3N6O2. The number of halogens is 3. The predicted molar refractivity (Wildman–Crippen MR) is 102 cm³/mol. The van der Waals surface area contributed by atoms with Gasteiger partial charge in [0.25, 0.3) is 5.91 Å². The highest BCUT2D eigenvalue weighted by Gasteiger charge is 2.41. The fourth-order valence-electron chi connectivity index (χ4n) is 3.59. The second kappa shape index (κ2) is 9.41. The summed E-state index contributed by atoms with van der Waals surface area (Å²) in [4.78, 5) is 14.7. The summed E-state index contributed by atoms with van der Waals surface area (Å²) in [5.74, 6) is -0.182. The van der Waals surface area contributed by atoms with Crippen LogP contribution in [-0.4, -0.2) is 64.1 Å². The monoisotopic (exact) mass is 426 g/mol. The fraction of sp³-hybridized carbons (Fsp3) is 0.579. The van der Waals surface area contributed by atoms with Crippen molar-refractivity contribution in [3.05, 3.63) is 29.6 Å². The number of piperidine rings is 1. The lowest BCUT2D eigenvalue weighted by molar-refractivity contribution is -0.143. The molecule has 0 aromatic carbocycles. The number of hydrogen-bond acceptors (Lipinski definition) is 6. The average molecular weight is 426 g/mol. The third-order valence-corrected chi connectivity index (χ3v) is 5.01. The zero-order valence-electron chi connectivity index (χ0n) is 16.9. The van der Waals surface area contributed by atoms with E-state index in [4.69, 9.17) is 4.74 Å². The maximum Gasteiger partial charge on any atom is 0.434 e. The van der Waals surface area contributed by atoms with Gasteiger partial charge in [0.15, 0.2) is 11.5 Å². The number of nitrogens with one attached hydrogen (secondary N) is 1. The second-order valence-electron chi connectivity index (χ2n) is 7.41. The third kappa shape index (κ3) is 5.26. The molecule has 8 nitrogen and oxygen atoms in total. The first-order chi connectivity index (χ1) is 14.3. The van der Waals surface area contributed by atoms with Gasteiger partial charge in [0, 0.05) is 19.2 Å². The van der Waals surface area contributed by atoms with E-state index < -0.39 is 23.3 Å². The number of carbonyl (C=O) groups is 1. The number of nitrogens with zero attached hydrogens (tertiary/aromatic N) is 5. The standard InChI is InChI=1S/C19H25F3N6O2/c1-13-5-3-9-27(12-13)10-4-8-23-18(29)14-11-24-28(17(14)19(20,21)22)15-6-7-16(30-2)26-25-15/h6-7,11,13H,3-5,8-10,12H2,1-2H3,(H,23,29). The first-order valence-corrected chi connectivity index (χ1v) is 9.83. The summed E-state index contributed by atoms with van der Waals surface area (Å²) >= 11 is 0. The number of rotatable bonds is 7. The molecule has 164 valence electrons. The lowest BCUT2D eigenvalue weighted by atomic mass is 10.0. The van der Waals surface area contributed by atoms with Crippen molar-refractivity contribution >= 4 is 5.91 Å². The third-order valence-electron chi connectivity index (χ3n) is 5.01. The number of carbonyl (C=O) groups excluding carboxylic acids is 1. The molecule has 1 aliphatic rings. The van der Waals surface area contributed by atoms with E-state index in [-0.39, 0.29) is 18.2 Å². The molecule has 1 fully saturated rings. The normalized spacial score (nSPS) is 17.7. The van der Waals surface area contributed by atoms with Gasteiger partial charge in [-0.25, -0.2) is 4.68 Å². The Kier molecular flexibility index (Phi) is 6.91. The zero-order chi connectivity index (χ0) is 21.7. The minimum atomic E-state index is -4.80. The van der Waals surface area contributed by atoms with E-state index in [9.17, 15) is 18.0 Å². The molecule has 1 unspecified atom stereocenters. The summed E-state index contributed by atoms with van der Waals surface area (Å²) < 4.78 is 46.5. The molecule has 0 saturated carbocycles. The smallest absolute Gasteiger partial charge is 0.434 e. The van der Waals surface area contributed by atoms with Gasteiger partial charge in [-0.3, -0.25) is 4.79 Å². The van der Waals surface area contributed by atoms with Crippen LogP contribution in [0.15, 0.2) is 18.3 Å². The Balaban J connectivity index is 1.67. The molecule has 0 aliphatic carbocycles. The van der Waals surface area contributed by atoms with Gasteiger partial charge in [-0.1, -0.05) is 6.92 Å². The van der Waals surface area contributed by atoms with Crippen LogP contribution in [-0.2, 0) is 6.18 Å². The van der Waals surface area contributed by atoms with Crippen molar-refractivity contribution in [3.8, 4) is 11.7 Å². The highest BCUT2D eigenvalue weighted by Crippen LogP contribution is 2.33. The molecule has 1 amide bonds. The molecule has 0 bridgehead atoms. The van der Waals surface area contributed by atoms with E-state index in [0.29, 0.717) is 17.0 Å². The van der Waals surface area contributed by atoms with Gasteiger partial charge in [0.2, 0.25) is 5.88 Å². The maximum absolute atomic E-state index is 13.7. The van der Waals surface area contributed by atoms with Crippen LogP contribution < -0.4 is 10.1 Å². The molecule has 2 aromatic rings. The number of amides is 1. The Labute approximate surface area is 172 Å². The summed E-state index contributed by atoms with van der Waals surface area (Å²) in [6, 6.07) is 2.65. The van der Waals surface area contributed by atoms with Crippen molar-refractivity contribution in [2.75, 3.05) is 33.3 Å². The molecule has 0 spiro atoms. The average Bonchev–Trinajstić information content (AvgIpc) is 3.17. The lowest BCUT2D eigenvalue weighted by Crippen LogP contribution is -2.36. The molecule has 1 saturated heterocycles. The fourth-order valence-corrected chi connectivity index (χ4v) is 3.59. The summed E-state index contributed by atoms with van der Waals surface area (Å²) in [7, 11) is 1.37. The quantitative estimate of drug-likeness (QED) is 0.685. The summed E-state index contributed by atoms with van der Waals surface area (Å²) in [5.41, 5.74) is -1.74. The van der Waals surface area contributed by atoms with Crippen molar-refractivity contribution in [1.29, 1.82) is 0 Å². The van der Waals surface area contributed by atoms with Crippen molar-refractivity contribution in [1.82, 2.24) is 30.2 Å². The van der Waals surface area contributed by atoms with Gasteiger partial charge in [-0.05, 0) is 44.3 Å². The summed E-state index contributed by atoms with van der Waals surface area (Å²) in [5, 5.41) is 13.6. The summed E-state index contributed by atoms with van der Waals surface area (Å²) in [6.45, 7) is 5.33. The van der Waals surface area contributed by atoms with Crippen LogP contribution >= 0.6 is 0 Å². The number of ether oxygens (including phenoxy) is 1. The van der Waals surface area contributed by atoms with Gasteiger partial charge in [-0.2, -0.15) is 18.3 Å². The van der Waals surface area contributed by atoms with Crippen molar-refractivity contribution in [3.63, 3.8) is 0 Å². The molecule has 30 heavy (non-hydrogen) atoms. The molecule has 3 rings (SSSR count). The van der Waals surface area contributed by atoms with E-state index in [2.05, 4.69) is 32.4 Å². The van der Waals surface area contributed by atoms with Crippen molar-refractivity contribution < 1.29 is 22.7 Å². The zero-order valence-corrected chi connectivity index (χ0v) is 16.9. The number of aromatic nitrogens is 4. The molecule has 3 heterocycles. The van der Waals surface area contributed by atoms with Crippen LogP contribution in [0.4, 0.5) is 13.2 Å². The Morgan fingerprint density at radius 2 is 2.13 bits per heavy atom.